The Hall–Kier alpha value is -2.10. The fourth-order valence-corrected chi connectivity index (χ4v) is 1.65. The van der Waals surface area contributed by atoms with E-state index >= 15 is 0 Å². The van der Waals surface area contributed by atoms with E-state index in [0.29, 0.717) is 12.3 Å². The molecule has 1 heterocycles. The number of rotatable bonds is 3. The maximum Gasteiger partial charge on any atom is 0.123 e. The first-order valence-corrected chi connectivity index (χ1v) is 5.45. The number of aryl methyl sites for hydroxylation is 1. The highest BCUT2D eigenvalue weighted by atomic mass is 16.3. The van der Waals surface area contributed by atoms with Crippen LogP contribution in [-0.2, 0) is 6.54 Å². The highest BCUT2D eigenvalue weighted by Gasteiger charge is 2.05. The molecule has 4 heteroatoms. The van der Waals surface area contributed by atoms with Crippen molar-refractivity contribution in [1.29, 1.82) is 0 Å². The molecule has 0 bridgehead atoms. The highest BCUT2D eigenvalue weighted by molar-refractivity contribution is 5.59. The molecule has 0 unspecified atom stereocenters. The molecule has 0 radical (unpaired) electrons. The number of phenolic OH excluding ortho intramolecular Hbond substituents is 1. The molecule has 2 N–H and O–H groups in total. The predicted octanol–water partition coefficient (Wildman–Crippen LogP) is 2.41. The van der Waals surface area contributed by atoms with E-state index in [1.165, 1.54) is 6.33 Å². The summed E-state index contributed by atoms with van der Waals surface area (Å²) < 4.78 is 0. The molecule has 0 atom stereocenters. The first-order valence-electron chi connectivity index (χ1n) is 5.45. The second kappa shape index (κ2) is 4.82. The molecule has 1 aromatic carbocycles. The summed E-state index contributed by atoms with van der Waals surface area (Å²) in [5, 5.41) is 13.1. The fourth-order valence-electron chi connectivity index (χ4n) is 1.65. The van der Waals surface area contributed by atoms with Crippen LogP contribution in [-0.4, -0.2) is 15.1 Å². The molecule has 0 saturated carbocycles. The minimum absolute atomic E-state index is 0.347. The van der Waals surface area contributed by atoms with Gasteiger partial charge in [-0.2, -0.15) is 0 Å². The summed E-state index contributed by atoms with van der Waals surface area (Å²) in [6.07, 6.45) is 5.04. The Morgan fingerprint density at radius 3 is 2.59 bits per heavy atom. The van der Waals surface area contributed by atoms with Crippen LogP contribution in [0, 0.1) is 13.8 Å². The molecule has 0 saturated heterocycles. The summed E-state index contributed by atoms with van der Waals surface area (Å²) >= 11 is 0. The Balaban J connectivity index is 2.13. The number of benzene rings is 1. The summed E-state index contributed by atoms with van der Waals surface area (Å²) in [7, 11) is 0. The number of aromatic nitrogens is 2. The van der Waals surface area contributed by atoms with Gasteiger partial charge in [-0.05, 0) is 25.5 Å². The van der Waals surface area contributed by atoms with Gasteiger partial charge in [0.05, 0.1) is 0 Å². The van der Waals surface area contributed by atoms with E-state index in [4.69, 9.17) is 0 Å². The number of aromatic hydroxyl groups is 1. The quantitative estimate of drug-likeness (QED) is 0.848. The molecule has 17 heavy (non-hydrogen) atoms. The third kappa shape index (κ3) is 2.53. The maximum atomic E-state index is 9.82. The van der Waals surface area contributed by atoms with Crippen molar-refractivity contribution >= 4 is 5.69 Å². The zero-order chi connectivity index (χ0) is 12.3. The fraction of sp³-hybridized carbons (Fsp3) is 0.231. The van der Waals surface area contributed by atoms with E-state index in [2.05, 4.69) is 15.3 Å². The van der Waals surface area contributed by atoms with Crippen molar-refractivity contribution in [3.8, 4) is 5.75 Å². The van der Waals surface area contributed by atoms with E-state index in [9.17, 15) is 5.11 Å². The highest BCUT2D eigenvalue weighted by Crippen LogP contribution is 2.28. The molecule has 0 aliphatic rings. The van der Waals surface area contributed by atoms with Crippen LogP contribution in [0.25, 0.3) is 0 Å². The first-order chi connectivity index (χ1) is 8.18. The van der Waals surface area contributed by atoms with Crippen molar-refractivity contribution in [3.63, 3.8) is 0 Å². The number of nitrogens with one attached hydrogen (secondary N) is 1. The third-order valence-corrected chi connectivity index (χ3v) is 2.73. The zero-order valence-electron chi connectivity index (χ0n) is 9.94. The topological polar surface area (TPSA) is 58.0 Å². The van der Waals surface area contributed by atoms with Crippen molar-refractivity contribution < 1.29 is 5.11 Å². The molecule has 0 aliphatic heterocycles. The predicted molar refractivity (Wildman–Crippen MR) is 66.9 cm³/mol. The minimum Gasteiger partial charge on any atom is -0.507 e. The van der Waals surface area contributed by atoms with Crippen molar-refractivity contribution in [2.75, 3.05) is 5.32 Å². The lowest BCUT2D eigenvalue weighted by Gasteiger charge is -2.11. The molecular formula is C13H15N3O. The van der Waals surface area contributed by atoms with E-state index in [-0.39, 0.29) is 0 Å². The minimum atomic E-state index is 0.347. The average molecular weight is 229 g/mol. The third-order valence-electron chi connectivity index (χ3n) is 2.73. The monoisotopic (exact) mass is 229 g/mol. The van der Waals surface area contributed by atoms with Gasteiger partial charge in [-0.3, -0.25) is 0 Å². The van der Waals surface area contributed by atoms with Crippen LogP contribution in [0.5, 0.6) is 5.75 Å². The summed E-state index contributed by atoms with van der Waals surface area (Å²) in [4.78, 5) is 7.90. The van der Waals surface area contributed by atoms with Gasteiger partial charge >= 0.3 is 0 Å². The largest absolute Gasteiger partial charge is 0.507 e. The van der Waals surface area contributed by atoms with Gasteiger partial charge in [0.2, 0.25) is 0 Å². The Bertz CT molecular complexity index is 512. The summed E-state index contributed by atoms with van der Waals surface area (Å²) in [5.41, 5.74) is 3.68. The molecule has 0 amide bonds. The molecule has 88 valence electrons. The Morgan fingerprint density at radius 2 is 1.88 bits per heavy atom. The van der Waals surface area contributed by atoms with Crippen molar-refractivity contribution in [2.45, 2.75) is 20.4 Å². The maximum absolute atomic E-state index is 9.82. The number of hydrogen-bond acceptors (Lipinski definition) is 4. The average Bonchev–Trinajstić information content (AvgIpc) is 2.36. The summed E-state index contributed by atoms with van der Waals surface area (Å²) in [6.45, 7) is 4.42. The Kier molecular flexibility index (Phi) is 3.23. The van der Waals surface area contributed by atoms with E-state index in [1.807, 2.05) is 26.0 Å². The van der Waals surface area contributed by atoms with Crippen LogP contribution < -0.4 is 5.32 Å². The first kappa shape index (κ1) is 11.4. The lowest BCUT2D eigenvalue weighted by Crippen LogP contribution is -2.02. The lowest BCUT2D eigenvalue weighted by molar-refractivity contribution is 0.467. The number of nitrogens with zero attached hydrogens (tertiary/aromatic N) is 2. The SMILES string of the molecule is Cc1ccc(NCc2cncnc2)c(C)c1O. The summed E-state index contributed by atoms with van der Waals surface area (Å²) in [6, 6.07) is 3.86. The smallest absolute Gasteiger partial charge is 0.123 e. The van der Waals surface area contributed by atoms with Crippen molar-refractivity contribution in [3.05, 3.63) is 47.5 Å². The van der Waals surface area contributed by atoms with Crippen LogP contribution in [0.4, 0.5) is 5.69 Å². The molecule has 0 aliphatic carbocycles. The molecule has 0 spiro atoms. The van der Waals surface area contributed by atoms with E-state index in [0.717, 1.165) is 22.4 Å². The Morgan fingerprint density at radius 1 is 1.18 bits per heavy atom. The lowest BCUT2D eigenvalue weighted by atomic mass is 10.1. The molecule has 1 aromatic heterocycles. The number of hydrogen-bond donors (Lipinski definition) is 2. The van der Waals surface area contributed by atoms with Gasteiger partial charge in [0, 0.05) is 35.8 Å². The van der Waals surface area contributed by atoms with Crippen LogP contribution in [0.2, 0.25) is 0 Å². The number of phenols is 1. The standard InChI is InChI=1S/C13H15N3O/c1-9-3-4-12(10(2)13(9)17)16-7-11-5-14-8-15-6-11/h3-6,8,16-17H,7H2,1-2H3. The van der Waals surface area contributed by atoms with Crippen LogP contribution >= 0.6 is 0 Å². The number of anilines is 1. The molecule has 2 rings (SSSR count). The van der Waals surface area contributed by atoms with E-state index < -0.39 is 0 Å². The van der Waals surface area contributed by atoms with E-state index in [1.54, 1.807) is 12.4 Å². The molecular weight excluding hydrogens is 214 g/mol. The van der Waals surface area contributed by atoms with Gasteiger partial charge in [-0.25, -0.2) is 9.97 Å². The van der Waals surface area contributed by atoms with Gasteiger partial charge in [0.15, 0.2) is 0 Å². The van der Waals surface area contributed by atoms with Crippen molar-refractivity contribution in [1.82, 2.24) is 9.97 Å². The summed E-state index contributed by atoms with van der Waals surface area (Å²) in [5.74, 6) is 0.347. The van der Waals surface area contributed by atoms with Crippen LogP contribution in [0.3, 0.4) is 0 Å². The van der Waals surface area contributed by atoms with Gasteiger partial charge in [-0.1, -0.05) is 6.07 Å². The van der Waals surface area contributed by atoms with Crippen molar-refractivity contribution in [2.24, 2.45) is 0 Å². The normalized spacial score (nSPS) is 10.2. The second-order valence-corrected chi connectivity index (χ2v) is 4.00. The van der Waals surface area contributed by atoms with Gasteiger partial charge < -0.3 is 10.4 Å². The van der Waals surface area contributed by atoms with Gasteiger partial charge in [0.1, 0.15) is 12.1 Å². The van der Waals surface area contributed by atoms with Crippen LogP contribution in [0.1, 0.15) is 16.7 Å². The molecule has 4 nitrogen and oxygen atoms in total. The van der Waals surface area contributed by atoms with Gasteiger partial charge in [-0.15, -0.1) is 0 Å². The Labute approximate surface area is 100 Å². The zero-order valence-corrected chi connectivity index (χ0v) is 9.94. The molecule has 0 fully saturated rings. The second-order valence-electron chi connectivity index (χ2n) is 4.00. The van der Waals surface area contributed by atoms with Crippen LogP contribution in [0.15, 0.2) is 30.9 Å². The van der Waals surface area contributed by atoms with Gasteiger partial charge in [0.25, 0.3) is 0 Å². The molecule has 2 aromatic rings.